The SMILES string of the molecule is COc1c(N)ncnc1OCCc1cccs1. The number of rotatable bonds is 5. The van der Waals surface area contributed by atoms with E-state index in [0.717, 1.165) is 6.42 Å². The van der Waals surface area contributed by atoms with Gasteiger partial charge in [0.15, 0.2) is 5.82 Å². The van der Waals surface area contributed by atoms with Crippen molar-refractivity contribution in [1.82, 2.24) is 9.97 Å². The predicted octanol–water partition coefficient (Wildman–Crippen LogP) is 1.75. The van der Waals surface area contributed by atoms with Gasteiger partial charge in [0.2, 0.25) is 5.75 Å². The zero-order chi connectivity index (χ0) is 12.1. The molecule has 0 radical (unpaired) electrons. The van der Waals surface area contributed by atoms with Gasteiger partial charge in [0.25, 0.3) is 5.88 Å². The zero-order valence-corrected chi connectivity index (χ0v) is 10.2. The van der Waals surface area contributed by atoms with Crippen LogP contribution >= 0.6 is 11.3 Å². The fourth-order valence-electron chi connectivity index (χ4n) is 1.37. The molecule has 0 spiro atoms. The second-order valence-electron chi connectivity index (χ2n) is 3.28. The highest BCUT2D eigenvalue weighted by molar-refractivity contribution is 7.09. The first-order chi connectivity index (χ1) is 8.31. The number of methoxy groups -OCH3 is 1. The average molecular weight is 251 g/mol. The summed E-state index contributed by atoms with van der Waals surface area (Å²) >= 11 is 1.70. The largest absolute Gasteiger partial charge is 0.489 e. The molecule has 0 aliphatic carbocycles. The van der Waals surface area contributed by atoms with Crippen LogP contribution < -0.4 is 15.2 Å². The number of hydrogen-bond acceptors (Lipinski definition) is 6. The summed E-state index contributed by atoms with van der Waals surface area (Å²) in [4.78, 5) is 9.10. The van der Waals surface area contributed by atoms with E-state index in [4.69, 9.17) is 15.2 Å². The maximum atomic E-state index is 5.64. The van der Waals surface area contributed by atoms with Crippen LogP contribution in [0.4, 0.5) is 5.82 Å². The van der Waals surface area contributed by atoms with Crippen LogP contribution in [-0.4, -0.2) is 23.7 Å². The third-order valence-corrected chi connectivity index (χ3v) is 3.11. The van der Waals surface area contributed by atoms with Gasteiger partial charge in [0.05, 0.1) is 13.7 Å². The van der Waals surface area contributed by atoms with Gasteiger partial charge in [-0.05, 0) is 11.4 Å². The van der Waals surface area contributed by atoms with Crippen LogP contribution in [-0.2, 0) is 6.42 Å². The Morgan fingerprint density at radius 2 is 2.29 bits per heavy atom. The van der Waals surface area contributed by atoms with Gasteiger partial charge in [-0.3, -0.25) is 0 Å². The van der Waals surface area contributed by atoms with Crippen LogP contribution in [0, 0.1) is 0 Å². The zero-order valence-electron chi connectivity index (χ0n) is 9.42. The number of thiophene rings is 1. The topological polar surface area (TPSA) is 70.3 Å². The lowest BCUT2D eigenvalue weighted by Crippen LogP contribution is -2.05. The first-order valence-corrected chi connectivity index (χ1v) is 5.99. The molecule has 5 nitrogen and oxygen atoms in total. The van der Waals surface area contributed by atoms with Gasteiger partial charge in [-0.15, -0.1) is 11.3 Å². The highest BCUT2D eigenvalue weighted by atomic mass is 32.1. The smallest absolute Gasteiger partial charge is 0.262 e. The molecular weight excluding hydrogens is 238 g/mol. The average Bonchev–Trinajstić information content (AvgIpc) is 2.82. The first-order valence-electron chi connectivity index (χ1n) is 5.11. The Balaban J connectivity index is 1.97. The molecule has 17 heavy (non-hydrogen) atoms. The van der Waals surface area contributed by atoms with Gasteiger partial charge in [0.1, 0.15) is 6.33 Å². The molecule has 0 aromatic carbocycles. The molecule has 2 heterocycles. The van der Waals surface area contributed by atoms with Crippen LogP contribution in [0.3, 0.4) is 0 Å². The van der Waals surface area contributed by atoms with Gasteiger partial charge < -0.3 is 15.2 Å². The van der Waals surface area contributed by atoms with Gasteiger partial charge >= 0.3 is 0 Å². The minimum absolute atomic E-state index is 0.286. The van der Waals surface area contributed by atoms with Crippen LogP contribution in [0.1, 0.15) is 4.88 Å². The summed E-state index contributed by atoms with van der Waals surface area (Å²) in [5.41, 5.74) is 5.64. The summed E-state index contributed by atoms with van der Waals surface area (Å²) in [6.45, 7) is 0.535. The highest BCUT2D eigenvalue weighted by Gasteiger charge is 2.10. The number of nitrogens with two attached hydrogens (primary N) is 1. The van der Waals surface area contributed by atoms with Crippen molar-refractivity contribution in [2.45, 2.75) is 6.42 Å². The van der Waals surface area contributed by atoms with Crippen molar-refractivity contribution in [3.63, 3.8) is 0 Å². The minimum Gasteiger partial charge on any atom is -0.489 e. The fraction of sp³-hybridized carbons (Fsp3) is 0.273. The predicted molar refractivity (Wildman–Crippen MR) is 66.5 cm³/mol. The summed E-state index contributed by atoms with van der Waals surface area (Å²) < 4.78 is 10.6. The van der Waals surface area contributed by atoms with Crippen molar-refractivity contribution in [2.24, 2.45) is 0 Å². The minimum atomic E-state index is 0.286. The van der Waals surface area contributed by atoms with Crippen molar-refractivity contribution in [3.05, 3.63) is 28.7 Å². The maximum absolute atomic E-state index is 5.64. The number of nitrogens with zero attached hydrogens (tertiary/aromatic N) is 2. The summed E-state index contributed by atoms with van der Waals surface area (Å²) in [6, 6.07) is 4.09. The van der Waals surface area contributed by atoms with Crippen LogP contribution in [0.5, 0.6) is 11.6 Å². The van der Waals surface area contributed by atoms with Crippen molar-refractivity contribution < 1.29 is 9.47 Å². The second-order valence-corrected chi connectivity index (χ2v) is 4.31. The molecule has 6 heteroatoms. The Kier molecular flexibility index (Phi) is 3.77. The van der Waals surface area contributed by atoms with Crippen molar-refractivity contribution >= 4 is 17.2 Å². The molecule has 0 saturated carbocycles. The van der Waals surface area contributed by atoms with Crippen molar-refractivity contribution in [1.29, 1.82) is 0 Å². The number of ether oxygens (including phenoxy) is 2. The normalized spacial score (nSPS) is 10.2. The van der Waals surface area contributed by atoms with E-state index in [2.05, 4.69) is 16.0 Å². The monoisotopic (exact) mass is 251 g/mol. The molecule has 2 rings (SSSR count). The molecule has 0 amide bonds. The number of hydrogen-bond donors (Lipinski definition) is 1. The molecule has 0 bridgehead atoms. The van der Waals surface area contributed by atoms with E-state index >= 15 is 0 Å². The van der Waals surface area contributed by atoms with E-state index in [1.807, 2.05) is 11.4 Å². The number of aromatic nitrogens is 2. The molecule has 0 unspecified atom stereocenters. The molecule has 0 atom stereocenters. The Morgan fingerprint density at radius 3 is 3.00 bits per heavy atom. The quantitative estimate of drug-likeness (QED) is 0.876. The van der Waals surface area contributed by atoms with Crippen LogP contribution in [0.25, 0.3) is 0 Å². The molecule has 0 saturated heterocycles. The molecule has 2 aromatic rings. The van der Waals surface area contributed by atoms with Crippen molar-refractivity contribution in [3.8, 4) is 11.6 Å². The third-order valence-electron chi connectivity index (χ3n) is 2.17. The Bertz CT molecular complexity index is 474. The standard InChI is InChI=1S/C11H13N3O2S/c1-15-9-10(12)13-7-14-11(9)16-5-4-8-3-2-6-17-8/h2-3,6-7H,4-5H2,1H3,(H2,12,13,14). The Hall–Kier alpha value is -1.82. The summed E-state index contributed by atoms with van der Waals surface area (Å²) in [6.07, 6.45) is 2.20. The maximum Gasteiger partial charge on any atom is 0.262 e. The van der Waals surface area contributed by atoms with Crippen LogP contribution in [0.15, 0.2) is 23.8 Å². The van der Waals surface area contributed by atoms with Crippen LogP contribution in [0.2, 0.25) is 0 Å². The Morgan fingerprint density at radius 1 is 1.41 bits per heavy atom. The molecular formula is C11H13N3O2S. The molecule has 0 aliphatic rings. The molecule has 2 N–H and O–H groups in total. The Labute approximate surface area is 103 Å². The third kappa shape index (κ3) is 2.85. The summed E-state index contributed by atoms with van der Waals surface area (Å²) in [7, 11) is 1.52. The summed E-state index contributed by atoms with van der Waals surface area (Å²) in [5, 5.41) is 2.04. The number of anilines is 1. The van der Waals surface area contributed by atoms with E-state index < -0.39 is 0 Å². The lowest BCUT2D eigenvalue weighted by Gasteiger charge is -2.09. The van der Waals surface area contributed by atoms with Gasteiger partial charge in [-0.25, -0.2) is 4.98 Å². The van der Waals surface area contributed by atoms with E-state index in [1.54, 1.807) is 11.3 Å². The van der Waals surface area contributed by atoms with Crippen molar-refractivity contribution in [2.75, 3.05) is 19.5 Å². The molecule has 2 aromatic heterocycles. The summed E-state index contributed by atoms with van der Waals surface area (Å²) in [5.74, 6) is 1.06. The fourth-order valence-corrected chi connectivity index (χ4v) is 2.06. The van der Waals surface area contributed by atoms with E-state index in [9.17, 15) is 0 Å². The van der Waals surface area contributed by atoms with Gasteiger partial charge in [-0.1, -0.05) is 6.07 Å². The van der Waals surface area contributed by atoms with E-state index in [-0.39, 0.29) is 5.82 Å². The second kappa shape index (κ2) is 5.49. The van der Waals surface area contributed by atoms with Gasteiger partial charge in [0, 0.05) is 11.3 Å². The van der Waals surface area contributed by atoms with E-state index in [1.165, 1.54) is 18.3 Å². The molecule has 90 valence electrons. The van der Waals surface area contributed by atoms with E-state index in [0.29, 0.717) is 18.2 Å². The van der Waals surface area contributed by atoms with Gasteiger partial charge in [-0.2, -0.15) is 4.98 Å². The lowest BCUT2D eigenvalue weighted by molar-refractivity contribution is 0.286. The lowest BCUT2D eigenvalue weighted by atomic mass is 10.4. The molecule has 0 fully saturated rings. The highest BCUT2D eigenvalue weighted by Crippen LogP contribution is 2.28. The molecule has 0 aliphatic heterocycles. The number of nitrogen functional groups attached to an aromatic ring is 1. The first kappa shape index (κ1) is 11.7.